The van der Waals surface area contributed by atoms with E-state index in [1.165, 1.54) is 18.4 Å². The maximum atomic E-state index is 12.1. The van der Waals surface area contributed by atoms with E-state index in [0.717, 1.165) is 15.6 Å². The van der Waals surface area contributed by atoms with Crippen LogP contribution >= 0.6 is 11.3 Å². The predicted molar refractivity (Wildman–Crippen MR) is 94.7 cm³/mol. The fourth-order valence-electron chi connectivity index (χ4n) is 2.34. The second-order valence-corrected chi connectivity index (χ2v) is 6.24. The standard InChI is InChI=1S/C18H16N2O3S/c1-22-18(21)16(11-5-3-2-4-6-11)23-13-8-7-12-9-15(17(19)20)24-14(12)10-13/h2-10,16H,1H3,(H3,19,20)/t16-/m1/s1. The zero-order chi connectivity index (χ0) is 17.1. The lowest BCUT2D eigenvalue weighted by Crippen LogP contribution is -2.20. The molecule has 0 saturated heterocycles. The SMILES string of the molecule is COC(=O)[C@H](Oc1ccc2cc(C(=N)N)sc2c1)c1ccccc1. The van der Waals surface area contributed by atoms with Crippen molar-refractivity contribution < 1.29 is 14.3 Å². The zero-order valence-electron chi connectivity index (χ0n) is 13.0. The number of hydrogen-bond acceptors (Lipinski definition) is 5. The molecule has 0 bridgehead atoms. The summed E-state index contributed by atoms with van der Waals surface area (Å²) in [6, 6.07) is 16.6. The molecule has 1 atom stereocenters. The summed E-state index contributed by atoms with van der Waals surface area (Å²) in [6.07, 6.45) is -0.833. The summed E-state index contributed by atoms with van der Waals surface area (Å²) in [5.74, 6) is 0.131. The Hall–Kier alpha value is -2.86. The van der Waals surface area contributed by atoms with E-state index in [2.05, 4.69) is 0 Å². The molecule has 0 spiro atoms. The smallest absolute Gasteiger partial charge is 0.351 e. The molecule has 1 heterocycles. The molecule has 1 aromatic heterocycles. The Kier molecular flexibility index (Phi) is 4.48. The third kappa shape index (κ3) is 3.23. The van der Waals surface area contributed by atoms with Gasteiger partial charge in [0.2, 0.25) is 6.10 Å². The number of amidine groups is 1. The molecule has 3 aromatic rings. The monoisotopic (exact) mass is 340 g/mol. The predicted octanol–water partition coefficient (Wildman–Crippen LogP) is 3.48. The zero-order valence-corrected chi connectivity index (χ0v) is 13.8. The van der Waals surface area contributed by atoms with Crippen LogP contribution in [0.2, 0.25) is 0 Å². The van der Waals surface area contributed by atoms with E-state index < -0.39 is 12.1 Å². The van der Waals surface area contributed by atoms with Crippen LogP contribution in [0.3, 0.4) is 0 Å². The van der Waals surface area contributed by atoms with Crippen molar-refractivity contribution in [3.8, 4) is 5.75 Å². The van der Waals surface area contributed by atoms with Crippen LogP contribution in [0.25, 0.3) is 10.1 Å². The summed E-state index contributed by atoms with van der Waals surface area (Å²) in [5.41, 5.74) is 6.25. The fourth-order valence-corrected chi connectivity index (χ4v) is 3.29. The molecule has 0 fully saturated rings. The largest absolute Gasteiger partial charge is 0.474 e. The first-order chi connectivity index (χ1) is 11.6. The van der Waals surface area contributed by atoms with Gasteiger partial charge in [-0.25, -0.2) is 4.79 Å². The van der Waals surface area contributed by atoms with Gasteiger partial charge in [-0.15, -0.1) is 11.3 Å². The van der Waals surface area contributed by atoms with Crippen molar-refractivity contribution in [1.82, 2.24) is 0 Å². The molecule has 0 unspecified atom stereocenters. The minimum Gasteiger partial charge on any atom is -0.474 e. The summed E-state index contributed by atoms with van der Waals surface area (Å²) < 4.78 is 11.7. The second kappa shape index (κ2) is 6.72. The van der Waals surface area contributed by atoms with E-state index in [0.29, 0.717) is 10.6 Å². The topological polar surface area (TPSA) is 85.4 Å². The number of nitrogen functional groups attached to an aromatic ring is 1. The Labute approximate surface area is 143 Å². The third-order valence-corrected chi connectivity index (χ3v) is 4.66. The van der Waals surface area contributed by atoms with Crippen molar-refractivity contribution in [3.63, 3.8) is 0 Å². The Balaban J connectivity index is 1.93. The van der Waals surface area contributed by atoms with E-state index in [-0.39, 0.29) is 5.84 Å². The molecular weight excluding hydrogens is 324 g/mol. The first kappa shape index (κ1) is 16.0. The highest BCUT2D eigenvalue weighted by molar-refractivity contribution is 7.20. The molecule has 5 nitrogen and oxygen atoms in total. The first-order valence-corrected chi connectivity index (χ1v) is 8.07. The normalized spacial score (nSPS) is 11.9. The van der Waals surface area contributed by atoms with Gasteiger partial charge in [-0.2, -0.15) is 0 Å². The van der Waals surface area contributed by atoms with Crippen molar-refractivity contribution in [2.45, 2.75) is 6.10 Å². The molecule has 0 aliphatic rings. The minimum atomic E-state index is -0.833. The number of fused-ring (bicyclic) bond motifs is 1. The number of nitrogens with two attached hydrogens (primary N) is 1. The second-order valence-electron chi connectivity index (χ2n) is 5.16. The lowest BCUT2D eigenvalue weighted by atomic mass is 10.1. The molecule has 24 heavy (non-hydrogen) atoms. The average Bonchev–Trinajstić information content (AvgIpc) is 3.03. The lowest BCUT2D eigenvalue weighted by molar-refractivity contribution is -0.149. The van der Waals surface area contributed by atoms with Crippen LogP contribution in [-0.4, -0.2) is 18.9 Å². The molecular formula is C18H16N2O3S. The van der Waals surface area contributed by atoms with Gasteiger partial charge in [-0.05, 0) is 29.7 Å². The number of hydrogen-bond donors (Lipinski definition) is 2. The molecule has 2 aromatic carbocycles. The van der Waals surface area contributed by atoms with Crippen LogP contribution in [0.5, 0.6) is 5.75 Å². The third-order valence-electron chi connectivity index (χ3n) is 3.53. The van der Waals surface area contributed by atoms with Gasteiger partial charge in [0, 0.05) is 10.3 Å². The first-order valence-electron chi connectivity index (χ1n) is 7.26. The van der Waals surface area contributed by atoms with Crippen molar-refractivity contribution in [2.24, 2.45) is 5.73 Å². The molecule has 0 saturated carbocycles. The Bertz CT molecular complexity index is 890. The number of carbonyl (C=O) groups excluding carboxylic acids is 1. The van der Waals surface area contributed by atoms with Crippen molar-refractivity contribution in [2.75, 3.05) is 7.11 Å². The number of esters is 1. The molecule has 0 aliphatic carbocycles. The van der Waals surface area contributed by atoms with E-state index in [1.807, 2.05) is 48.5 Å². The van der Waals surface area contributed by atoms with E-state index >= 15 is 0 Å². The number of rotatable bonds is 5. The highest BCUT2D eigenvalue weighted by Crippen LogP contribution is 2.31. The number of methoxy groups -OCH3 is 1. The minimum absolute atomic E-state index is 0.0374. The van der Waals surface area contributed by atoms with Gasteiger partial charge in [0.25, 0.3) is 0 Å². The van der Waals surface area contributed by atoms with E-state index in [4.69, 9.17) is 20.6 Å². The Morgan fingerprint density at radius 1 is 1.17 bits per heavy atom. The Morgan fingerprint density at radius 2 is 1.92 bits per heavy atom. The molecule has 3 rings (SSSR count). The maximum absolute atomic E-state index is 12.1. The van der Waals surface area contributed by atoms with E-state index in [1.54, 1.807) is 6.07 Å². The summed E-state index contributed by atoms with van der Waals surface area (Å²) in [6.45, 7) is 0. The molecule has 0 radical (unpaired) electrons. The molecule has 6 heteroatoms. The highest BCUT2D eigenvalue weighted by atomic mass is 32.1. The summed E-state index contributed by atoms with van der Waals surface area (Å²) in [7, 11) is 1.34. The van der Waals surface area contributed by atoms with Gasteiger partial charge >= 0.3 is 5.97 Å². The van der Waals surface area contributed by atoms with Crippen LogP contribution in [-0.2, 0) is 9.53 Å². The van der Waals surface area contributed by atoms with Gasteiger partial charge < -0.3 is 15.2 Å². The number of thiophene rings is 1. The van der Waals surface area contributed by atoms with Crippen LogP contribution in [0.4, 0.5) is 0 Å². The van der Waals surface area contributed by atoms with E-state index in [9.17, 15) is 4.79 Å². The van der Waals surface area contributed by atoms with Crippen molar-refractivity contribution >= 4 is 33.2 Å². The quantitative estimate of drug-likeness (QED) is 0.423. The van der Waals surface area contributed by atoms with Crippen molar-refractivity contribution in [1.29, 1.82) is 5.41 Å². The van der Waals surface area contributed by atoms with Crippen LogP contribution in [0, 0.1) is 5.41 Å². The average molecular weight is 340 g/mol. The van der Waals surface area contributed by atoms with Crippen LogP contribution < -0.4 is 10.5 Å². The number of benzene rings is 2. The van der Waals surface area contributed by atoms with Gasteiger partial charge in [0.1, 0.15) is 11.6 Å². The molecule has 3 N–H and O–H groups in total. The highest BCUT2D eigenvalue weighted by Gasteiger charge is 2.23. The van der Waals surface area contributed by atoms with Gasteiger partial charge in [-0.1, -0.05) is 30.3 Å². The summed E-state index contributed by atoms with van der Waals surface area (Å²) >= 11 is 1.41. The molecule has 0 aliphatic heterocycles. The van der Waals surface area contributed by atoms with Gasteiger partial charge in [0.15, 0.2) is 0 Å². The number of nitrogens with one attached hydrogen (secondary N) is 1. The number of carbonyl (C=O) groups is 1. The lowest BCUT2D eigenvalue weighted by Gasteiger charge is -2.17. The van der Waals surface area contributed by atoms with Gasteiger partial charge in [0.05, 0.1) is 12.0 Å². The van der Waals surface area contributed by atoms with Gasteiger partial charge in [-0.3, -0.25) is 5.41 Å². The summed E-state index contributed by atoms with van der Waals surface area (Å²) in [4.78, 5) is 12.8. The maximum Gasteiger partial charge on any atom is 0.351 e. The van der Waals surface area contributed by atoms with Crippen molar-refractivity contribution in [3.05, 3.63) is 65.0 Å². The van der Waals surface area contributed by atoms with Crippen LogP contribution in [0.1, 0.15) is 16.5 Å². The number of ether oxygens (including phenoxy) is 2. The fraction of sp³-hybridized carbons (Fsp3) is 0.111. The van der Waals surface area contributed by atoms with Crippen LogP contribution in [0.15, 0.2) is 54.6 Å². The molecule has 0 amide bonds. The summed E-state index contributed by atoms with van der Waals surface area (Å²) in [5, 5.41) is 8.50. The molecule has 122 valence electrons. The Morgan fingerprint density at radius 3 is 2.58 bits per heavy atom.